The van der Waals surface area contributed by atoms with Gasteiger partial charge in [0, 0.05) is 50.3 Å². The molecule has 5 rings (SSSR count). The van der Waals surface area contributed by atoms with Crippen molar-refractivity contribution in [1.82, 2.24) is 19.8 Å². The monoisotopic (exact) mass is 621 g/mol. The molecule has 43 heavy (non-hydrogen) atoms. The average molecular weight is 623 g/mol. The number of aromatic nitrogens is 2. The van der Waals surface area contributed by atoms with Crippen molar-refractivity contribution in [1.29, 1.82) is 0 Å². The third-order valence-corrected chi connectivity index (χ3v) is 9.09. The summed E-state index contributed by atoms with van der Waals surface area (Å²) < 4.78 is 7.88. The van der Waals surface area contributed by atoms with Crippen LogP contribution in [0.1, 0.15) is 53.6 Å². The Morgan fingerprint density at radius 2 is 1.79 bits per heavy atom. The number of likely N-dealkylation sites (tertiary alicyclic amines) is 1. The zero-order valence-corrected chi connectivity index (χ0v) is 26.5. The standard InChI is InChI=1S/C34H41Cl2N5O2/c1-3-43-21-20-41-32-11-7-6-10-31(32)39-34(41)38-27-15-18-40(19-16-27)17-14-26(25-12-13-29(35)30(36)22-25)23-37-33(42)28-9-5-4-8-24(28)2/h4-13,22,26-27H,3,14-21,23H2,1-2H3,(H,37,42)(H,38,39). The van der Waals surface area contributed by atoms with Crippen LogP contribution >= 0.6 is 23.2 Å². The molecule has 1 aromatic heterocycles. The first kappa shape index (κ1) is 31.3. The SMILES string of the molecule is CCOCCn1c(NC2CCN(CCC(CNC(=O)c3ccccc3C)c3ccc(Cl)c(Cl)c3)CC2)nc2ccccc21. The van der Waals surface area contributed by atoms with Crippen molar-refractivity contribution in [2.75, 3.05) is 44.7 Å². The molecule has 9 heteroatoms. The molecule has 3 aromatic carbocycles. The van der Waals surface area contributed by atoms with Gasteiger partial charge < -0.3 is 24.8 Å². The third kappa shape index (κ3) is 8.09. The van der Waals surface area contributed by atoms with Crippen molar-refractivity contribution >= 4 is 46.1 Å². The second kappa shape index (κ2) is 15.1. The number of hydrogen-bond donors (Lipinski definition) is 2. The Labute approximate surface area is 264 Å². The normalized spacial score (nSPS) is 15.1. The zero-order chi connectivity index (χ0) is 30.2. The predicted molar refractivity (Wildman–Crippen MR) is 177 cm³/mol. The van der Waals surface area contributed by atoms with Gasteiger partial charge in [-0.15, -0.1) is 0 Å². The van der Waals surface area contributed by atoms with Crippen molar-refractivity contribution < 1.29 is 9.53 Å². The van der Waals surface area contributed by atoms with Gasteiger partial charge in [-0.3, -0.25) is 4.79 Å². The van der Waals surface area contributed by atoms with Crippen LogP contribution in [0.4, 0.5) is 5.95 Å². The lowest BCUT2D eigenvalue weighted by molar-refractivity contribution is 0.0949. The molecule has 0 saturated carbocycles. The summed E-state index contributed by atoms with van der Waals surface area (Å²) in [6.07, 6.45) is 2.98. The number of carbonyl (C=O) groups is 1. The molecular formula is C34H41Cl2N5O2. The lowest BCUT2D eigenvalue weighted by Gasteiger charge is -2.33. The first-order chi connectivity index (χ1) is 20.9. The number of fused-ring (bicyclic) bond motifs is 1. The van der Waals surface area contributed by atoms with Gasteiger partial charge in [-0.1, -0.05) is 59.6 Å². The van der Waals surface area contributed by atoms with Crippen LogP contribution in [0.2, 0.25) is 10.0 Å². The summed E-state index contributed by atoms with van der Waals surface area (Å²) in [4.78, 5) is 20.4. The Hall–Kier alpha value is -3.10. The summed E-state index contributed by atoms with van der Waals surface area (Å²) in [5.41, 5.74) is 4.89. The minimum Gasteiger partial charge on any atom is -0.380 e. The molecule has 0 radical (unpaired) electrons. The first-order valence-electron chi connectivity index (χ1n) is 15.2. The highest BCUT2D eigenvalue weighted by atomic mass is 35.5. The minimum absolute atomic E-state index is 0.0534. The Bertz CT molecular complexity index is 1520. The maximum Gasteiger partial charge on any atom is 0.251 e. The summed E-state index contributed by atoms with van der Waals surface area (Å²) in [5.74, 6) is 0.981. The number of nitrogens with one attached hydrogen (secondary N) is 2. The molecule has 1 unspecified atom stereocenters. The molecule has 1 fully saturated rings. The molecule has 228 valence electrons. The largest absolute Gasteiger partial charge is 0.380 e. The van der Waals surface area contributed by atoms with E-state index in [0.717, 1.165) is 73.6 Å². The van der Waals surface area contributed by atoms with Crippen LogP contribution < -0.4 is 10.6 Å². The van der Waals surface area contributed by atoms with Crippen LogP contribution in [0.5, 0.6) is 0 Å². The molecule has 2 heterocycles. The summed E-state index contributed by atoms with van der Waals surface area (Å²) in [6.45, 7) is 9.58. The number of para-hydroxylation sites is 2. The quantitative estimate of drug-likeness (QED) is 0.155. The second-order valence-electron chi connectivity index (χ2n) is 11.2. The van der Waals surface area contributed by atoms with Crippen LogP contribution in [0.3, 0.4) is 0 Å². The van der Waals surface area contributed by atoms with Crippen LogP contribution in [0.15, 0.2) is 66.7 Å². The number of amides is 1. The Morgan fingerprint density at radius 1 is 1.02 bits per heavy atom. The van der Waals surface area contributed by atoms with Gasteiger partial charge in [-0.25, -0.2) is 4.98 Å². The molecular weight excluding hydrogens is 581 g/mol. The molecule has 1 amide bonds. The highest BCUT2D eigenvalue weighted by molar-refractivity contribution is 6.42. The highest BCUT2D eigenvalue weighted by Gasteiger charge is 2.23. The maximum atomic E-state index is 13.0. The Kier molecular flexibility index (Phi) is 11.0. The summed E-state index contributed by atoms with van der Waals surface area (Å²) in [5, 5.41) is 7.98. The van der Waals surface area contributed by atoms with Gasteiger partial charge in [0.05, 0.1) is 27.7 Å². The van der Waals surface area contributed by atoms with E-state index < -0.39 is 0 Å². The number of anilines is 1. The van der Waals surface area contributed by atoms with Crippen LogP contribution in [0, 0.1) is 6.92 Å². The molecule has 1 aliphatic rings. The van der Waals surface area contributed by atoms with Gasteiger partial charge in [0.25, 0.3) is 5.91 Å². The van der Waals surface area contributed by atoms with E-state index in [1.807, 2.05) is 62.4 Å². The minimum atomic E-state index is -0.0534. The highest BCUT2D eigenvalue weighted by Crippen LogP contribution is 2.29. The van der Waals surface area contributed by atoms with Crippen LogP contribution in [-0.2, 0) is 11.3 Å². The fraction of sp³-hybridized carbons (Fsp3) is 0.412. The number of hydrogen-bond acceptors (Lipinski definition) is 5. The van der Waals surface area contributed by atoms with Crippen molar-refractivity contribution in [3.05, 3.63) is 93.5 Å². The van der Waals surface area contributed by atoms with Gasteiger partial charge in [0.1, 0.15) is 0 Å². The fourth-order valence-electron chi connectivity index (χ4n) is 5.83. The smallest absolute Gasteiger partial charge is 0.251 e. The third-order valence-electron chi connectivity index (χ3n) is 8.35. The average Bonchev–Trinajstić information content (AvgIpc) is 3.36. The van der Waals surface area contributed by atoms with Gasteiger partial charge in [-0.05, 0) is 81.1 Å². The topological polar surface area (TPSA) is 71.4 Å². The number of piperidine rings is 1. The van der Waals surface area contributed by atoms with E-state index in [0.29, 0.717) is 41.4 Å². The van der Waals surface area contributed by atoms with E-state index in [9.17, 15) is 4.79 Å². The molecule has 7 nitrogen and oxygen atoms in total. The number of aryl methyl sites for hydroxylation is 1. The van der Waals surface area contributed by atoms with Crippen molar-refractivity contribution in [3.8, 4) is 0 Å². The number of benzene rings is 3. The predicted octanol–water partition coefficient (Wildman–Crippen LogP) is 7.17. The second-order valence-corrected chi connectivity index (χ2v) is 12.0. The summed E-state index contributed by atoms with van der Waals surface area (Å²) in [7, 11) is 0. The van der Waals surface area contributed by atoms with Crippen molar-refractivity contribution in [2.24, 2.45) is 0 Å². The molecule has 0 bridgehead atoms. The molecule has 4 aromatic rings. The molecule has 1 atom stereocenters. The Balaban J connectivity index is 1.18. The number of halogens is 2. The van der Waals surface area contributed by atoms with Crippen molar-refractivity contribution in [2.45, 2.75) is 51.6 Å². The van der Waals surface area contributed by atoms with Crippen LogP contribution in [-0.4, -0.2) is 65.8 Å². The van der Waals surface area contributed by atoms with Gasteiger partial charge in [0.15, 0.2) is 0 Å². The van der Waals surface area contributed by atoms with Gasteiger partial charge in [-0.2, -0.15) is 0 Å². The maximum absolute atomic E-state index is 13.0. The Morgan fingerprint density at radius 3 is 2.56 bits per heavy atom. The van der Waals surface area contributed by atoms with Crippen LogP contribution in [0.25, 0.3) is 11.0 Å². The summed E-state index contributed by atoms with van der Waals surface area (Å²) >= 11 is 12.6. The summed E-state index contributed by atoms with van der Waals surface area (Å²) in [6, 6.07) is 22.1. The van der Waals surface area contributed by atoms with Crippen molar-refractivity contribution in [3.63, 3.8) is 0 Å². The molecule has 1 aliphatic heterocycles. The number of nitrogens with zero attached hydrogens (tertiary/aromatic N) is 3. The number of carbonyl (C=O) groups excluding carboxylic acids is 1. The van der Waals surface area contributed by atoms with E-state index in [-0.39, 0.29) is 11.8 Å². The lowest BCUT2D eigenvalue weighted by Crippen LogP contribution is -2.40. The van der Waals surface area contributed by atoms with E-state index in [2.05, 4.69) is 38.3 Å². The zero-order valence-electron chi connectivity index (χ0n) is 25.0. The molecule has 1 saturated heterocycles. The number of ether oxygens (including phenoxy) is 1. The molecule has 0 spiro atoms. The van der Waals surface area contributed by atoms with Gasteiger partial charge in [0.2, 0.25) is 5.95 Å². The number of imidazole rings is 1. The van der Waals surface area contributed by atoms with E-state index in [1.54, 1.807) is 0 Å². The fourth-order valence-corrected chi connectivity index (χ4v) is 6.13. The first-order valence-corrected chi connectivity index (χ1v) is 16.0. The van der Waals surface area contributed by atoms with E-state index >= 15 is 0 Å². The molecule has 0 aliphatic carbocycles. The molecule has 2 N–H and O–H groups in total. The lowest BCUT2D eigenvalue weighted by atomic mass is 9.94. The number of rotatable bonds is 13. The van der Waals surface area contributed by atoms with E-state index in [1.165, 1.54) is 0 Å². The van der Waals surface area contributed by atoms with E-state index in [4.69, 9.17) is 32.9 Å². The van der Waals surface area contributed by atoms with Gasteiger partial charge >= 0.3 is 0 Å².